The minimum absolute atomic E-state index is 0.0522. The van der Waals surface area contributed by atoms with Crippen molar-refractivity contribution in [3.8, 4) is 0 Å². The van der Waals surface area contributed by atoms with Gasteiger partial charge in [0.05, 0.1) is 0 Å². The van der Waals surface area contributed by atoms with Gasteiger partial charge >= 0.3 is 0 Å². The average molecular weight is 169 g/mol. The minimum Gasteiger partial charge on any atom is -0.370 e. The normalized spacial score (nSPS) is 22.2. The van der Waals surface area contributed by atoms with Gasteiger partial charge in [0, 0.05) is 0 Å². The van der Waals surface area contributed by atoms with Crippen molar-refractivity contribution in [3.05, 3.63) is 0 Å². The quantitative estimate of drug-likeness (QED) is 0.597. The number of nitrogens with one attached hydrogen (secondary N) is 1. The summed E-state index contributed by atoms with van der Waals surface area (Å²) >= 11 is 0. The molecular formula is C8H15N3O. The molecule has 12 heavy (non-hydrogen) atoms. The Morgan fingerprint density at radius 1 is 1.58 bits per heavy atom. The van der Waals surface area contributed by atoms with Crippen LogP contribution in [0.3, 0.4) is 0 Å². The summed E-state index contributed by atoms with van der Waals surface area (Å²) in [6.07, 6.45) is 4.18. The fourth-order valence-corrected chi connectivity index (χ4v) is 1.25. The van der Waals surface area contributed by atoms with Gasteiger partial charge in [-0.25, -0.2) is 4.99 Å². The molecule has 0 aromatic rings. The third-order valence-electron chi connectivity index (χ3n) is 1.93. The number of amides is 1. The first-order valence-corrected chi connectivity index (χ1v) is 4.38. The predicted octanol–water partition coefficient (Wildman–Crippen LogP) is 0.380. The topological polar surface area (TPSA) is 67.5 Å². The number of carbonyl (C=O) groups is 1. The van der Waals surface area contributed by atoms with E-state index < -0.39 is 0 Å². The zero-order valence-corrected chi connectivity index (χ0v) is 7.34. The minimum atomic E-state index is -0.225. The van der Waals surface area contributed by atoms with Gasteiger partial charge < -0.3 is 5.73 Å². The second-order valence-electron chi connectivity index (χ2n) is 3.02. The number of guanidine groups is 1. The van der Waals surface area contributed by atoms with E-state index in [2.05, 4.69) is 17.2 Å². The molecular weight excluding hydrogens is 154 g/mol. The molecule has 0 spiro atoms. The third kappa shape index (κ3) is 2.22. The van der Waals surface area contributed by atoms with E-state index in [1.807, 2.05) is 0 Å². The first-order valence-electron chi connectivity index (χ1n) is 4.38. The molecule has 0 saturated carbocycles. The fourth-order valence-electron chi connectivity index (χ4n) is 1.25. The lowest BCUT2D eigenvalue weighted by Gasteiger charge is -2.02. The molecule has 0 saturated heterocycles. The molecule has 0 bridgehead atoms. The number of rotatable bonds is 4. The largest absolute Gasteiger partial charge is 0.370 e. The molecule has 0 aromatic heterocycles. The van der Waals surface area contributed by atoms with E-state index >= 15 is 0 Å². The van der Waals surface area contributed by atoms with Crippen molar-refractivity contribution in [2.24, 2.45) is 10.7 Å². The maximum absolute atomic E-state index is 11.1. The molecule has 1 unspecified atom stereocenters. The number of aliphatic imine (C=N–C) groups is 1. The molecule has 0 aliphatic carbocycles. The van der Waals surface area contributed by atoms with Crippen LogP contribution in [-0.2, 0) is 4.79 Å². The Morgan fingerprint density at radius 3 is 2.83 bits per heavy atom. The number of hydrogen-bond acceptors (Lipinski definition) is 3. The maximum Gasteiger partial charge on any atom is 0.251 e. The summed E-state index contributed by atoms with van der Waals surface area (Å²) in [6.45, 7) is 2.13. The highest BCUT2D eigenvalue weighted by Crippen LogP contribution is 2.09. The van der Waals surface area contributed by atoms with Gasteiger partial charge in [-0.2, -0.15) is 0 Å². The molecule has 0 radical (unpaired) electrons. The molecule has 4 nitrogen and oxygen atoms in total. The van der Waals surface area contributed by atoms with Crippen molar-refractivity contribution in [2.45, 2.75) is 38.6 Å². The molecule has 1 rings (SSSR count). The van der Waals surface area contributed by atoms with Crippen LogP contribution >= 0.6 is 0 Å². The monoisotopic (exact) mass is 169 g/mol. The average Bonchev–Trinajstić information content (AvgIpc) is 2.31. The van der Waals surface area contributed by atoms with E-state index in [4.69, 9.17) is 5.73 Å². The Bertz CT molecular complexity index is 200. The summed E-state index contributed by atoms with van der Waals surface area (Å²) in [7, 11) is 0. The first-order chi connectivity index (χ1) is 5.74. The van der Waals surface area contributed by atoms with Crippen LogP contribution in [-0.4, -0.2) is 17.9 Å². The number of nitrogens with zero attached hydrogens (tertiary/aromatic N) is 1. The third-order valence-corrected chi connectivity index (χ3v) is 1.93. The van der Waals surface area contributed by atoms with E-state index in [1.165, 1.54) is 0 Å². The Balaban J connectivity index is 2.28. The van der Waals surface area contributed by atoms with Gasteiger partial charge in [-0.15, -0.1) is 0 Å². The van der Waals surface area contributed by atoms with Crippen LogP contribution in [0.25, 0.3) is 0 Å². The van der Waals surface area contributed by atoms with Crippen LogP contribution in [0.15, 0.2) is 4.99 Å². The summed E-state index contributed by atoms with van der Waals surface area (Å²) in [6, 6.07) is -0.225. The number of carbonyl (C=O) groups excluding carboxylic acids is 1. The first kappa shape index (κ1) is 9.03. The summed E-state index contributed by atoms with van der Waals surface area (Å²) in [5, 5.41) is 2.48. The van der Waals surface area contributed by atoms with Crippen molar-refractivity contribution in [2.75, 3.05) is 0 Å². The standard InChI is InChI=1S/C8H15N3O/c1-2-3-4-5-6-7(12)11-8(9)10-6/h6H,2-5H2,1H3,(H3,9,10,11,12). The van der Waals surface area contributed by atoms with E-state index in [-0.39, 0.29) is 17.9 Å². The van der Waals surface area contributed by atoms with Crippen LogP contribution < -0.4 is 11.1 Å². The number of nitrogens with two attached hydrogens (primary N) is 1. The molecule has 1 atom stereocenters. The van der Waals surface area contributed by atoms with Crippen LogP contribution in [0.4, 0.5) is 0 Å². The van der Waals surface area contributed by atoms with Gasteiger partial charge in [0.1, 0.15) is 6.04 Å². The van der Waals surface area contributed by atoms with E-state index in [0.29, 0.717) is 0 Å². The highest BCUT2D eigenvalue weighted by atomic mass is 16.2. The fraction of sp³-hybridized carbons (Fsp3) is 0.750. The van der Waals surface area contributed by atoms with Crippen LogP contribution in [0.1, 0.15) is 32.6 Å². The van der Waals surface area contributed by atoms with Crippen LogP contribution in [0.5, 0.6) is 0 Å². The van der Waals surface area contributed by atoms with E-state index in [0.717, 1.165) is 25.7 Å². The smallest absolute Gasteiger partial charge is 0.251 e. The van der Waals surface area contributed by atoms with Gasteiger partial charge in [0.25, 0.3) is 5.91 Å². The van der Waals surface area contributed by atoms with Crippen LogP contribution in [0, 0.1) is 0 Å². The van der Waals surface area contributed by atoms with Gasteiger partial charge in [0.2, 0.25) is 0 Å². The Labute approximate surface area is 72.2 Å². The van der Waals surface area contributed by atoms with Gasteiger partial charge in [-0.3, -0.25) is 10.1 Å². The second kappa shape index (κ2) is 4.09. The van der Waals surface area contributed by atoms with Gasteiger partial charge in [-0.05, 0) is 6.42 Å². The molecule has 1 aliphatic heterocycles. The van der Waals surface area contributed by atoms with Crippen molar-refractivity contribution in [1.82, 2.24) is 5.32 Å². The lowest BCUT2D eigenvalue weighted by atomic mass is 10.1. The van der Waals surface area contributed by atoms with Crippen molar-refractivity contribution >= 4 is 11.9 Å². The molecule has 4 heteroatoms. The van der Waals surface area contributed by atoms with Gasteiger partial charge in [0.15, 0.2) is 5.96 Å². The van der Waals surface area contributed by atoms with Crippen LogP contribution in [0.2, 0.25) is 0 Å². The maximum atomic E-state index is 11.1. The van der Waals surface area contributed by atoms with Crippen molar-refractivity contribution in [1.29, 1.82) is 0 Å². The summed E-state index contributed by atoms with van der Waals surface area (Å²) in [5.41, 5.74) is 5.34. The lowest BCUT2D eigenvalue weighted by molar-refractivity contribution is -0.120. The molecule has 1 heterocycles. The molecule has 1 amide bonds. The van der Waals surface area contributed by atoms with Gasteiger partial charge in [-0.1, -0.05) is 26.2 Å². The second-order valence-corrected chi connectivity index (χ2v) is 3.02. The summed E-state index contributed by atoms with van der Waals surface area (Å²) in [5.74, 6) is 0.213. The molecule has 1 aliphatic rings. The summed E-state index contributed by atoms with van der Waals surface area (Å²) < 4.78 is 0. The lowest BCUT2D eigenvalue weighted by Crippen LogP contribution is -2.32. The number of hydrogen-bond donors (Lipinski definition) is 2. The zero-order valence-electron chi connectivity index (χ0n) is 7.34. The Hall–Kier alpha value is -1.06. The zero-order chi connectivity index (χ0) is 8.97. The van der Waals surface area contributed by atoms with Crippen molar-refractivity contribution in [3.63, 3.8) is 0 Å². The van der Waals surface area contributed by atoms with Crippen molar-refractivity contribution < 1.29 is 4.79 Å². The number of unbranched alkanes of at least 4 members (excludes halogenated alkanes) is 2. The molecule has 3 N–H and O–H groups in total. The van der Waals surface area contributed by atoms with E-state index in [9.17, 15) is 4.79 Å². The Kier molecular flexibility index (Phi) is 3.08. The molecule has 0 fully saturated rings. The highest BCUT2D eigenvalue weighted by molar-refractivity contribution is 6.04. The Morgan fingerprint density at radius 2 is 2.33 bits per heavy atom. The predicted molar refractivity (Wildman–Crippen MR) is 47.7 cm³/mol. The van der Waals surface area contributed by atoms with E-state index in [1.54, 1.807) is 0 Å². The SMILES string of the molecule is CCCCCC1N=C(N)NC1=O. The highest BCUT2D eigenvalue weighted by Gasteiger charge is 2.23. The molecule has 0 aromatic carbocycles. The summed E-state index contributed by atoms with van der Waals surface area (Å²) in [4.78, 5) is 15.0. The molecule has 68 valence electrons.